The number of rotatable bonds is 2. The highest BCUT2D eigenvalue weighted by molar-refractivity contribution is 6.37. The van der Waals surface area contributed by atoms with Crippen molar-refractivity contribution in [3.63, 3.8) is 0 Å². The second-order valence-corrected chi connectivity index (χ2v) is 6.65. The number of aryl methyl sites for hydroxylation is 2. The zero-order valence-electron chi connectivity index (χ0n) is 14.6. The highest BCUT2D eigenvalue weighted by Crippen LogP contribution is 2.34. The summed E-state index contributed by atoms with van der Waals surface area (Å²) in [6, 6.07) is 7.54. The molecule has 3 heterocycles. The summed E-state index contributed by atoms with van der Waals surface area (Å²) in [5, 5.41) is 4.98. The van der Waals surface area contributed by atoms with E-state index in [9.17, 15) is 9.59 Å². The molecule has 2 aromatic heterocycles. The summed E-state index contributed by atoms with van der Waals surface area (Å²) in [5.74, 6) is -0.270. The quantitative estimate of drug-likeness (QED) is 0.675. The Morgan fingerprint density at radius 1 is 1.04 bits per heavy atom. The van der Waals surface area contributed by atoms with Gasteiger partial charge in [0.25, 0.3) is 11.8 Å². The van der Waals surface area contributed by atoms with Crippen LogP contribution in [0.3, 0.4) is 0 Å². The van der Waals surface area contributed by atoms with Gasteiger partial charge in [-0.1, -0.05) is 26.0 Å². The van der Waals surface area contributed by atoms with E-state index in [1.54, 1.807) is 11.7 Å². The number of carbonyl (C=O) groups excluding carboxylic acids is 2. The van der Waals surface area contributed by atoms with Gasteiger partial charge in [-0.2, -0.15) is 5.10 Å². The molecule has 3 aromatic rings. The summed E-state index contributed by atoms with van der Waals surface area (Å²) < 4.78 is 1.63. The van der Waals surface area contributed by atoms with Crippen molar-refractivity contribution in [3.8, 4) is 0 Å². The largest absolute Gasteiger partial charge is 0.268 e. The third kappa shape index (κ3) is 2.10. The number of pyridine rings is 1. The van der Waals surface area contributed by atoms with Gasteiger partial charge in [-0.15, -0.1) is 0 Å². The molecule has 0 radical (unpaired) electrons. The van der Waals surface area contributed by atoms with Crippen molar-refractivity contribution in [2.75, 3.05) is 4.90 Å². The first-order chi connectivity index (χ1) is 11.9. The van der Waals surface area contributed by atoms with E-state index in [2.05, 4.69) is 23.9 Å². The first-order valence-corrected chi connectivity index (χ1v) is 8.21. The Kier molecular flexibility index (Phi) is 3.25. The summed E-state index contributed by atoms with van der Waals surface area (Å²) in [6.07, 6.45) is 1.47. The minimum atomic E-state index is -0.338. The van der Waals surface area contributed by atoms with Crippen molar-refractivity contribution in [2.45, 2.75) is 26.7 Å². The maximum absolute atomic E-state index is 13.0. The van der Waals surface area contributed by atoms with Gasteiger partial charge in [-0.05, 0) is 30.5 Å². The molecule has 0 saturated heterocycles. The monoisotopic (exact) mass is 334 g/mol. The Balaban J connectivity index is 1.86. The highest BCUT2D eigenvalue weighted by Gasteiger charge is 2.39. The average molecular weight is 334 g/mol. The molecule has 126 valence electrons. The fourth-order valence-electron chi connectivity index (χ4n) is 3.36. The molecule has 0 unspecified atom stereocenters. The van der Waals surface area contributed by atoms with Crippen LogP contribution in [0.25, 0.3) is 11.0 Å². The fraction of sp³-hybridized carbons (Fsp3) is 0.263. The summed E-state index contributed by atoms with van der Waals surface area (Å²) in [4.78, 5) is 31.4. The van der Waals surface area contributed by atoms with Gasteiger partial charge in [-0.3, -0.25) is 14.3 Å². The van der Waals surface area contributed by atoms with Crippen LogP contribution in [-0.4, -0.2) is 26.6 Å². The molecule has 1 aliphatic heterocycles. The molecule has 0 atom stereocenters. The molecule has 0 fully saturated rings. The molecular weight excluding hydrogens is 316 g/mol. The van der Waals surface area contributed by atoms with Crippen LogP contribution in [0.4, 0.5) is 5.69 Å². The number of benzene rings is 1. The van der Waals surface area contributed by atoms with Crippen LogP contribution >= 0.6 is 0 Å². The molecule has 1 aromatic carbocycles. The number of amides is 2. The van der Waals surface area contributed by atoms with E-state index >= 15 is 0 Å². The van der Waals surface area contributed by atoms with E-state index in [4.69, 9.17) is 0 Å². The van der Waals surface area contributed by atoms with Crippen LogP contribution in [0.2, 0.25) is 0 Å². The SMILES string of the molecule is Cc1nn(C)c2ncc3c(c12)C(=O)N(c1ccc(C(C)C)cc1)C3=O. The van der Waals surface area contributed by atoms with Crippen LogP contribution in [0.1, 0.15) is 51.7 Å². The number of hydrogen-bond donors (Lipinski definition) is 0. The third-order valence-electron chi connectivity index (χ3n) is 4.70. The number of anilines is 1. The van der Waals surface area contributed by atoms with Crippen LogP contribution in [0.15, 0.2) is 30.5 Å². The Hall–Kier alpha value is -3.02. The molecule has 1 aliphatic rings. The second kappa shape index (κ2) is 5.24. The smallest absolute Gasteiger partial charge is 0.267 e. The first kappa shape index (κ1) is 15.5. The van der Waals surface area contributed by atoms with Crippen molar-refractivity contribution in [2.24, 2.45) is 7.05 Å². The van der Waals surface area contributed by atoms with Gasteiger partial charge in [0.1, 0.15) is 0 Å². The number of hydrogen-bond acceptors (Lipinski definition) is 4. The molecule has 0 spiro atoms. The van der Waals surface area contributed by atoms with E-state index in [0.29, 0.717) is 39.5 Å². The molecule has 2 amide bonds. The maximum Gasteiger partial charge on any atom is 0.267 e. The molecule has 0 N–H and O–H groups in total. The summed E-state index contributed by atoms with van der Waals surface area (Å²) in [7, 11) is 1.78. The summed E-state index contributed by atoms with van der Waals surface area (Å²) >= 11 is 0. The Morgan fingerprint density at radius 3 is 2.36 bits per heavy atom. The van der Waals surface area contributed by atoms with Gasteiger partial charge in [0.2, 0.25) is 0 Å². The lowest BCUT2D eigenvalue weighted by molar-refractivity contribution is 0.0926. The number of imide groups is 1. The van der Waals surface area contributed by atoms with E-state index in [1.165, 1.54) is 11.1 Å². The van der Waals surface area contributed by atoms with Gasteiger partial charge < -0.3 is 0 Å². The maximum atomic E-state index is 13.0. The first-order valence-electron chi connectivity index (χ1n) is 8.21. The summed E-state index contributed by atoms with van der Waals surface area (Å²) in [5.41, 5.74) is 3.77. The minimum Gasteiger partial charge on any atom is -0.268 e. The minimum absolute atomic E-state index is 0.319. The van der Waals surface area contributed by atoms with Gasteiger partial charge in [0.05, 0.1) is 27.9 Å². The Labute approximate surface area is 145 Å². The number of nitrogens with zero attached hydrogens (tertiary/aromatic N) is 4. The topological polar surface area (TPSA) is 68.1 Å². The molecule has 25 heavy (non-hydrogen) atoms. The molecule has 0 saturated carbocycles. The predicted octanol–water partition coefficient (Wildman–Crippen LogP) is 3.20. The van der Waals surface area contributed by atoms with Crippen LogP contribution in [0, 0.1) is 6.92 Å². The lowest BCUT2D eigenvalue weighted by atomic mass is 10.0. The number of carbonyl (C=O) groups is 2. The van der Waals surface area contributed by atoms with E-state index in [0.717, 1.165) is 5.56 Å². The fourth-order valence-corrected chi connectivity index (χ4v) is 3.36. The van der Waals surface area contributed by atoms with E-state index < -0.39 is 0 Å². The van der Waals surface area contributed by atoms with Crippen molar-refractivity contribution >= 4 is 28.5 Å². The van der Waals surface area contributed by atoms with Crippen LogP contribution in [0.5, 0.6) is 0 Å². The van der Waals surface area contributed by atoms with Gasteiger partial charge in [0, 0.05) is 13.2 Å². The summed E-state index contributed by atoms with van der Waals surface area (Å²) in [6.45, 7) is 6.03. The van der Waals surface area contributed by atoms with Crippen molar-refractivity contribution in [3.05, 3.63) is 52.8 Å². The van der Waals surface area contributed by atoms with Crippen LogP contribution < -0.4 is 4.90 Å². The Morgan fingerprint density at radius 2 is 1.72 bits per heavy atom. The standard InChI is InChI=1S/C19H18N4O2/c1-10(2)12-5-7-13(8-6-12)23-18(24)14-9-20-17-15(16(14)19(23)25)11(3)21-22(17)4/h5-10H,1-4H3. The van der Waals surface area contributed by atoms with E-state index in [-0.39, 0.29) is 11.8 Å². The van der Waals surface area contributed by atoms with Gasteiger partial charge in [-0.25, -0.2) is 9.88 Å². The second-order valence-electron chi connectivity index (χ2n) is 6.65. The van der Waals surface area contributed by atoms with Crippen LogP contribution in [-0.2, 0) is 7.05 Å². The molecule has 6 heteroatoms. The number of aromatic nitrogens is 3. The Bertz CT molecular complexity index is 1030. The average Bonchev–Trinajstić information content (AvgIpc) is 3.02. The molecule has 0 bridgehead atoms. The van der Waals surface area contributed by atoms with E-state index in [1.807, 2.05) is 31.2 Å². The van der Waals surface area contributed by atoms with Gasteiger partial charge >= 0.3 is 0 Å². The zero-order valence-corrected chi connectivity index (χ0v) is 14.6. The van der Waals surface area contributed by atoms with Crippen molar-refractivity contribution < 1.29 is 9.59 Å². The lowest BCUT2D eigenvalue weighted by Crippen LogP contribution is -2.29. The highest BCUT2D eigenvalue weighted by atomic mass is 16.2. The van der Waals surface area contributed by atoms with Gasteiger partial charge in [0.15, 0.2) is 5.65 Å². The normalized spacial score (nSPS) is 14.0. The van der Waals surface area contributed by atoms with Crippen molar-refractivity contribution in [1.82, 2.24) is 14.8 Å². The molecular formula is C19H18N4O2. The lowest BCUT2D eigenvalue weighted by Gasteiger charge is -2.15. The molecule has 4 rings (SSSR count). The molecule has 6 nitrogen and oxygen atoms in total. The third-order valence-corrected chi connectivity index (χ3v) is 4.70. The zero-order chi connectivity index (χ0) is 17.9. The predicted molar refractivity (Wildman–Crippen MR) is 94.9 cm³/mol. The molecule has 0 aliphatic carbocycles. The number of fused-ring (bicyclic) bond motifs is 3. The van der Waals surface area contributed by atoms with Crippen molar-refractivity contribution in [1.29, 1.82) is 0 Å².